The summed E-state index contributed by atoms with van der Waals surface area (Å²) in [5, 5.41) is 14.4. The lowest BCUT2D eigenvalue weighted by Crippen LogP contribution is -2.29. The predicted octanol–water partition coefficient (Wildman–Crippen LogP) is 2.55. The Morgan fingerprint density at radius 3 is 2.92 bits per heavy atom. The fraction of sp³-hybridized carbons (Fsp3) is 0.500. The minimum atomic E-state index is -0.245. The van der Waals surface area contributed by atoms with Crippen LogP contribution in [0.5, 0.6) is 5.75 Å². The number of hydrogen-bond donors (Lipinski definition) is 2. The van der Waals surface area contributed by atoms with Crippen molar-refractivity contribution in [1.82, 2.24) is 20.3 Å². The van der Waals surface area contributed by atoms with Gasteiger partial charge in [-0.2, -0.15) is 0 Å². The SMILES string of the molecule is CCCOc1ccc(NC(=O)c2cn(C3CCNCC3)nn2)c(C)c1. The van der Waals surface area contributed by atoms with Crippen LogP contribution in [0.4, 0.5) is 5.69 Å². The monoisotopic (exact) mass is 343 g/mol. The summed E-state index contributed by atoms with van der Waals surface area (Å²) in [5.41, 5.74) is 2.04. The average molecular weight is 343 g/mol. The van der Waals surface area contributed by atoms with Crippen molar-refractivity contribution in [2.75, 3.05) is 25.0 Å². The first-order valence-corrected chi connectivity index (χ1v) is 8.84. The van der Waals surface area contributed by atoms with E-state index in [4.69, 9.17) is 4.74 Å². The van der Waals surface area contributed by atoms with E-state index in [1.165, 1.54) is 0 Å². The van der Waals surface area contributed by atoms with Crippen molar-refractivity contribution >= 4 is 11.6 Å². The molecule has 0 unspecified atom stereocenters. The van der Waals surface area contributed by atoms with E-state index in [2.05, 4.69) is 27.9 Å². The van der Waals surface area contributed by atoms with E-state index in [1.54, 1.807) is 6.20 Å². The Morgan fingerprint density at radius 2 is 2.20 bits per heavy atom. The lowest BCUT2D eigenvalue weighted by Gasteiger charge is -2.22. The highest BCUT2D eigenvalue weighted by molar-refractivity contribution is 6.03. The molecule has 1 fully saturated rings. The molecule has 25 heavy (non-hydrogen) atoms. The van der Waals surface area contributed by atoms with Gasteiger partial charge in [-0.05, 0) is 63.0 Å². The second-order valence-corrected chi connectivity index (χ2v) is 6.34. The van der Waals surface area contributed by atoms with Crippen LogP contribution in [0.2, 0.25) is 0 Å². The second kappa shape index (κ2) is 8.11. The molecule has 3 rings (SSSR count). The lowest BCUT2D eigenvalue weighted by atomic mass is 10.1. The van der Waals surface area contributed by atoms with Crippen molar-refractivity contribution in [3.05, 3.63) is 35.7 Å². The summed E-state index contributed by atoms with van der Waals surface area (Å²) in [6, 6.07) is 5.96. The highest BCUT2D eigenvalue weighted by Gasteiger charge is 2.19. The quantitative estimate of drug-likeness (QED) is 0.842. The molecule has 0 aliphatic carbocycles. The number of nitrogens with zero attached hydrogens (tertiary/aromatic N) is 3. The van der Waals surface area contributed by atoms with Gasteiger partial charge in [0.1, 0.15) is 5.75 Å². The number of amides is 1. The van der Waals surface area contributed by atoms with E-state index in [9.17, 15) is 4.79 Å². The van der Waals surface area contributed by atoms with Crippen molar-refractivity contribution in [1.29, 1.82) is 0 Å². The largest absolute Gasteiger partial charge is 0.494 e. The molecule has 1 aromatic carbocycles. The number of ether oxygens (including phenoxy) is 1. The number of carbonyl (C=O) groups is 1. The molecule has 134 valence electrons. The third-order valence-corrected chi connectivity index (χ3v) is 4.34. The number of anilines is 1. The molecular formula is C18H25N5O2. The maximum Gasteiger partial charge on any atom is 0.277 e. The summed E-state index contributed by atoms with van der Waals surface area (Å²) in [4.78, 5) is 12.4. The average Bonchev–Trinajstić information content (AvgIpc) is 3.13. The Bertz CT molecular complexity index is 722. The van der Waals surface area contributed by atoms with Gasteiger partial charge in [-0.3, -0.25) is 4.79 Å². The third-order valence-electron chi connectivity index (χ3n) is 4.34. The number of rotatable bonds is 6. The molecule has 0 atom stereocenters. The van der Waals surface area contributed by atoms with Crippen LogP contribution < -0.4 is 15.4 Å². The number of hydrogen-bond acceptors (Lipinski definition) is 5. The van der Waals surface area contributed by atoms with Crippen molar-refractivity contribution in [3.8, 4) is 5.75 Å². The van der Waals surface area contributed by atoms with Crippen molar-refractivity contribution in [2.45, 2.75) is 39.2 Å². The first kappa shape index (κ1) is 17.4. The van der Waals surface area contributed by atoms with E-state index in [0.29, 0.717) is 18.3 Å². The Balaban J connectivity index is 1.65. The van der Waals surface area contributed by atoms with Crippen LogP contribution in [0, 0.1) is 6.92 Å². The molecule has 1 aromatic heterocycles. The van der Waals surface area contributed by atoms with Crippen LogP contribution in [0.1, 0.15) is 48.3 Å². The molecule has 7 heteroatoms. The van der Waals surface area contributed by atoms with Gasteiger partial charge in [0.15, 0.2) is 5.69 Å². The van der Waals surface area contributed by atoms with Crippen molar-refractivity contribution in [3.63, 3.8) is 0 Å². The molecule has 0 spiro atoms. The van der Waals surface area contributed by atoms with Gasteiger partial charge in [0.05, 0.1) is 18.8 Å². The van der Waals surface area contributed by atoms with E-state index < -0.39 is 0 Å². The number of aromatic nitrogens is 3. The Kier molecular flexibility index (Phi) is 5.65. The zero-order valence-corrected chi connectivity index (χ0v) is 14.8. The minimum absolute atomic E-state index is 0.245. The summed E-state index contributed by atoms with van der Waals surface area (Å²) in [6.45, 7) is 6.64. The first-order chi connectivity index (χ1) is 12.2. The molecule has 2 N–H and O–H groups in total. The molecule has 0 saturated carbocycles. The zero-order valence-electron chi connectivity index (χ0n) is 14.8. The number of benzene rings is 1. The van der Waals surface area contributed by atoms with Gasteiger partial charge < -0.3 is 15.4 Å². The summed E-state index contributed by atoms with van der Waals surface area (Å²) in [7, 11) is 0. The molecule has 2 heterocycles. The van der Waals surface area contributed by atoms with E-state index in [0.717, 1.165) is 49.4 Å². The maximum absolute atomic E-state index is 12.4. The zero-order chi connectivity index (χ0) is 17.6. The second-order valence-electron chi connectivity index (χ2n) is 6.34. The highest BCUT2D eigenvalue weighted by Crippen LogP contribution is 2.22. The maximum atomic E-state index is 12.4. The molecular weight excluding hydrogens is 318 g/mol. The van der Waals surface area contributed by atoms with Crippen molar-refractivity contribution < 1.29 is 9.53 Å². The van der Waals surface area contributed by atoms with Gasteiger partial charge in [-0.1, -0.05) is 12.1 Å². The summed E-state index contributed by atoms with van der Waals surface area (Å²) in [5.74, 6) is 0.569. The fourth-order valence-corrected chi connectivity index (χ4v) is 2.90. The van der Waals surface area contributed by atoms with E-state index >= 15 is 0 Å². The molecule has 1 amide bonds. The molecule has 7 nitrogen and oxygen atoms in total. The van der Waals surface area contributed by atoms with Crippen LogP contribution in [-0.2, 0) is 0 Å². The van der Waals surface area contributed by atoms with Crippen LogP contribution in [-0.4, -0.2) is 40.6 Å². The fourth-order valence-electron chi connectivity index (χ4n) is 2.90. The van der Waals surface area contributed by atoms with E-state index in [1.807, 2.05) is 29.8 Å². The standard InChI is InChI=1S/C18H25N5O2/c1-3-10-25-15-4-5-16(13(2)11-15)20-18(24)17-12-23(22-21-17)14-6-8-19-9-7-14/h4-5,11-12,14,19H,3,6-10H2,1-2H3,(H,20,24). The van der Waals surface area contributed by atoms with Crippen LogP contribution in [0.25, 0.3) is 0 Å². The lowest BCUT2D eigenvalue weighted by molar-refractivity contribution is 0.102. The molecule has 0 radical (unpaired) electrons. The summed E-state index contributed by atoms with van der Waals surface area (Å²) < 4.78 is 7.42. The number of carbonyl (C=O) groups excluding carboxylic acids is 1. The number of piperidine rings is 1. The van der Waals surface area contributed by atoms with E-state index in [-0.39, 0.29) is 5.91 Å². The Morgan fingerprint density at radius 1 is 1.40 bits per heavy atom. The molecule has 1 aliphatic heterocycles. The predicted molar refractivity (Wildman–Crippen MR) is 96.1 cm³/mol. The van der Waals surface area contributed by atoms with Crippen molar-refractivity contribution in [2.24, 2.45) is 0 Å². The first-order valence-electron chi connectivity index (χ1n) is 8.84. The van der Waals surface area contributed by atoms with Crippen LogP contribution in [0.3, 0.4) is 0 Å². The van der Waals surface area contributed by atoms with Gasteiger partial charge in [0, 0.05) is 5.69 Å². The van der Waals surface area contributed by atoms with Gasteiger partial charge >= 0.3 is 0 Å². The molecule has 1 saturated heterocycles. The smallest absolute Gasteiger partial charge is 0.277 e. The van der Waals surface area contributed by atoms with Gasteiger partial charge in [-0.25, -0.2) is 4.68 Å². The van der Waals surface area contributed by atoms with Crippen LogP contribution in [0.15, 0.2) is 24.4 Å². The summed E-state index contributed by atoms with van der Waals surface area (Å²) in [6.07, 6.45) is 4.70. The summed E-state index contributed by atoms with van der Waals surface area (Å²) >= 11 is 0. The minimum Gasteiger partial charge on any atom is -0.494 e. The number of nitrogens with one attached hydrogen (secondary N) is 2. The van der Waals surface area contributed by atoms with Gasteiger partial charge in [-0.15, -0.1) is 5.10 Å². The highest BCUT2D eigenvalue weighted by atomic mass is 16.5. The third kappa shape index (κ3) is 4.36. The Hall–Kier alpha value is -2.41. The topological polar surface area (TPSA) is 81.1 Å². The molecule has 0 bridgehead atoms. The molecule has 1 aliphatic rings. The molecule has 2 aromatic rings. The van der Waals surface area contributed by atoms with Gasteiger partial charge in [0.2, 0.25) is 0 Å². The van der Waals surface area contributed by atoms with Crippen LogP contribution >= 0.6 is 0 Å². The Labute approximate surface area is 147 Å². The van der Waals surface area contributed by atoms with Gasteiger partial charge in [0.25, 0.3) is 5.91 Å². The normalized spacial score (nSPS) is 15.1. The number of aryl methyl sites for hydroxylation is 1.